The number of alkyl halides is 3. The number of hydrogen-bond acceptors (Lipinski definition) is 4. The molecule has 138 valence electrons. The first-order chi connectivity index (χ1) is 11.8. The molecule has 3 rings (SSSR count). The monoisotopic (exact) mass is 356 g/mol. The predicted octanol–water partition coefficient (Wildman–Crippen LogP) is 3.54. The average molecular weight is 356 g/mol. The van der Waals surface area contributed by atoms with E-state index in [9.17, 15) is 18.3 Å². The van der Waals surface area contributed by atoms with Gasteiger partial charge in [-0.1, -0.05) is 24.2 Å². The second-order valence-corrected chi connectivity index (χ2v) is 6.85. The number of hydrogen-bond donors (Lipinski definition) is 1. The summed E-state index contributed by atoms with van der Waals surface area (Å²) >= 11 is 0. The first-order valence-electron chi connectivity index (χ1n) is 8.64. The molecule has 1 saturated heterocycles. The minimum Gasteiger partial charge on any atom is -0.391 e. The Morgan fingerprint density at radius 3 is 2.64 bits per heavy atom. The van der Waals surface area contributed by atoms with Gasteiger partial charge in [0.2, 0.25) is 0 Å². The van der Waals surface area contributed by atoms with Gasteiger partial charge in [0.05, 0.1) is 16.9 Å². The summed E-state index contributed by atoms with van der Waals surface area (Å²) in [5.41, 5.74) is -0.526. The van der Waals surface area contributed by atoms with Crippen LogP contribution in [0.3, 0.4) is 0 Å². The lowest BCUT2D eigenvalue weighted by Gasteiger charge is -2.39. The SMILES string of the molecule is CCC1=NOC(CN2CCC(O)(c3cccc(C(F)(F)F)c3)CC2)C1. The summed E-state index contributed by atoms with van der Waals surface area (Å²) in [5.74, 6) is 0. The molecule has 4 nitrogen and oxygen atoms in total. The second-order valence-electron chi connectivity index (χ2n) is 6.85. The van der Waals surface area contributed by atoms with Gasteiger partial charge in [-0.15, -0.1) is 0 Å². The Bertz CT molecular complexity index is 637. The van der Waals surface area contributed by atoms with Gasteiger partial charge >= 0.3 is 6.18 Å². The lowest BCUT2D eigenvalue weighted by molar-refractivity contribution is -0.137. The molecule has 0 radical (unpaired) electrons. The first kappa shape index (κ1) is 18.2. The summed E-state index contributed by atoms with van der Waals surface area (Å²) in [6.45, 7) is 4.01. The Kier molecular flexibility index (Phi) is 5.06. The highest BCUT2D eigenvalue weighted by atomic mass is 19.4. The largest absolute Gasteiger partial charge is 0.416 e. The molecule has 0 saturated carbocycles. The van der Waals surface area contributed by atoms with E-state index in [2.05, 4.69) is 10.1 Å². The van der Waals surface area contributed by atoms with E-state index in [1.54, 1.807) is 6.07 Å². The van der Waals surface area contributed by atoms with Crippen molar-refractivity contribution in [2.45, 2.75) is 50.5 Å². The van der Waals surface area contributed by atoms with Gasteiger partial charge in [-0.25, -0.2) is 0 Å². The van der Waals surface area contributed by atoms with Gasteiger partial charge < -0.3 is 9.94 Å². The number of likely N-dealkylation sites (tertiary alicyclic amines) is 1. The number of rotatable bonds is 4. The number of aliphatic hydroxyl groups is 1. The normalized spacial score (nSPS) is 24.0. The van der Waals surface area contributed by atoms with Crippen LogP contribution < -0.4 is 0 Å². The van der Waals surface area contributed by atoms with E-state index in [4.69, 9.17) is 4.84 Å². The molecule has 0 bridgehead atoms. The zero-order valence-electron chi connectivity index (χ0n) is 14.2. The summed E-state index contributed by atoms with van der Waals surface area (Å²) in [6, 6.07) is 5.03. The van der Waals surface area contributed by atoms with Crippen LogP contribution in [0.5, 0.6) is 0 Å². The van der Waals surface area contributed by atoms with Gasteiger partial charge in [0, 0.05) is 26.1 Å². The van der Waals surface area contributed by atoms with Crippen molar-refractivity contribution in [1.82, 2.24) is 4.90 Å². The Balaban J connectivity index is 1.59. The van der Waals surface area contributed by atoms with Crippen molar-refractivity contribution in [2.75, 3.05) is 19.6 Å². The van der Waals surface area contributed by atoms with E-state index in [0.717, 1.165) is 37.2 Å². The van der Waals surface area contributed by atoms with Crippen LogP contribution in [0, 0.1) is 0 Å². The van der Waals surface area contributed by atoms with E-state index in [-0.39, 0.29) is 6.10 Å². The van der Waals surface area contributed by atoms with Crippen LogP contribution in [0.2, 0.25) is 0 Å². The quantitative estimate of drug-likeness (QED) is 0.897. The van der Waals surface area contributed by atoms with Crippen LogP contribution in [-0.4, -0.2) is 41.5 Å². The van der Waals surface area contributed by atoms with E-state index in [1.165, 1.54) is 6.07 Å². The number of piperidine rings is 1. The van der Waals surface area contributed by atoms with E-state index < -0.39 is 17.3 Å². The van der Waals surface area contributed by atoms with Crippen molar-refractivity contribution in [2.24, 2.45) is 5.16 Å². The van der Waals surface area contributed by atoms with Gasteiger partial charge in [0.1, 0.15) is 6.10 Å². The molecule has 1 aromatic carbocycles. The van der Waals surface area contributed by atoms with Gasteiger partial charge in [-0.05, 0) is 37.0 Å². The highest BCUT2D eigenvalue weighted by molar-refractivity contribution is 5.85. The third-order valence-electron chi connectivity index (χ3n) is 5.07. The molecular formula is C18H23F3N2O2. The Hall–Kier alpha value is -1.60. The molecule has 2 aliphatic rings. The Labute approximate surface area is 145 Å². The maximum Gasteiger partial charge on any atom is 0.416 e. The molecule has 25 heavy (non-hydrogen) atoms. The number of oxime groups is 1. The molecule has 2 aliphatic heterocycles. The van der Waals surface area contributed by atoms with Crippen LogP contribution in [0.25, 0.3) is 0 Å². The fourth-order valence-corrected chi connectivity index (χ4v) is 3.46. The molecule has 0 aromatic heterocycles. The van der Waals surface area contributed by atoms with Crippen molar-refractivity contribution in [3.63, 3.8) is 0 Å². The highest BCUT2D eigenvalue weighted by Crippen LogP contribution is 2.36. The molecule has 0 spiro atoms. The van der Waals surface area contributed by atoms with Crippen LogP contribution in [-0.2, 0) is 16.6 Å². The van der Waals surface area contributed by atoms with Crippen LogP contribution in [0.4, 0.5) is 13.2 Å². The van der Waals surface area contributed by atoms with Crippen LogP contribution in [0.15, 0.2) is 29.4 Å². The molecule has 0 amide bonds. The third-order valence-corrected chi connectivity index (χ3v) is 5.07. The maximum absolute atomic E-state index is 12.9. The molecular weight excluding hydrogens is 333 g/mol. The van der Waals surface area contributed by atoms with Crippen LogP contribution >= 0.6 is 0 Å². The van der Waals surface area contributed by atoms with Crippen molar-refractivity contribution in [3.8, 4) is 0 Å². The van der Waals surface area contributed by atoms with Crippen molar-refractivity contribution in [3.05, 3.63) is 35.4 Å². The van der Waals surface area contributed by atoms with Gasteiger partial charge in [0.15, 0.2) is 0 Å². The molecule has 1 aromatic rings. The Morgan fingerprint density at radius 1 is 1.32 bits per heavy atom. The maximum atomic E-state index is 12.9. The summed E-state index contributed by atoms with van der Waals surface area (Å²) in [6.07, 6.45) is -1.85. The molecule has 0 aliphatic carbocycles. The van der Waals surface area contributed by atoms with Gasteiger partial charge in [-0.2, -0.15) is 13.2 Å². The zero-order valence-corrected chi connectivity index (χ0v) is 14.2. The highest BCUT2D eigenvalue weighted by Gasteiger charge is 2.37. The molecule has 1 unspecified atom stereocenters. The summed E-state index contributed by atoms with van der Waals surface area (Å²) < 4.78 is 38.7. The summed E-state index contributed by atoms with van der Waals surface area (Å²) in [7, 11) is 0. The van der Waals surface area contributed by atoms with Crippen molar-refractivity contribution < 1.29 is 23.1 Å². The average Bonchev–Trinajstić information content (AvgIpc) is 3.04. The molecule has 7 heteroatoms. The minimum atomic E-state index is -4.40. The number of nitrogens with zero attached hydrogens (tertiary/aromatic N) is 2. The number of halogens is 3. The lowest BCUT2D eigenvalue weighted by Crippen LogP contribution is -2.45. The van der Waals surface area contributed by atoms with Crippen LogP contribution in [0.1, 0.15) is 43.7 Å². The number of benzene rings is 1. The predicted molar refractivity (Wildman–Crippen MR) is 88.2 cm³/mol. The van der Waals surface area contributed by atoms with E-state index in [1.807, 2.05) is 6.92 Å². The second kappa shape index (κ2) is 6.96. The van der Waals surface area contributed by atoms with Crippen molar-refractivity contribution in [1.29, 1.82) is 0 Å². The smallest absolute Gasteiger partial charge is 0.391 e. The van der Waals surface area contributed by atoms with Gasteiger partial charge in [-0.3, -0.25) is 4.90 Å². The fraction of sp³-hybridized carbons (Fsp3) is 0.611. The standard InChI is InChI=1S/C18H23F3N2O2/c1-2-15-11-16(25-22-15)12-23-8-6-17(24,7-9-23)13-4-3-5-14(10-13)18(19,20)21/h3-5,10,16,24H,2,6-9,11-12H2,1H3. The van der Waals surface area contributed by atoms with Gasteiger partial charge in [0.25, 0.3) is 0 Å². The minimum absolute atomic E-state index is 0.0368. The zero-order chi connectivity index (χ0) is 18.1. The van der Waals surface area contributed by atoms with E-state index >= 15 is 0 Å². The Morgan fingerprint density at radius 2 is 2.04 bits per heavy atom. The summed E-state index contributed by atoms with van der Waals surface area (Å²) in [5, 5.41) is 14.9. The molecule has 1 N–H and O–H groups in total. The van der Waals surface area contributed by atoms with E-state index in [0.29, 0.717) is 31.5 Å². The topological polar surface area (TPSA) is 45.1 Å². The molecule has 1 atom stereocenters. The lowest BCUT2D eigenvalue weighted by atomic mass is 9.83. The molecule has 2 heterocycles. The summed E-state index contributed by atoms with van der Waals surface area (Å²) in [4.78, 5) is 7.59. The molecule has 1 fully saturated rings. The fourth-order valence-electron chi connectivity index (χ4n) is 3.46. The van der Waals surface area contributed by atoms with Crippen molar-refractivity contribution >= 4 is 5.71 Å². The first-order valence-corrected chi connectivity index (χ1v) is 8.64. The third kappa shape index (κ3) is 4.15.